The Labute approximate surface area is 167 Å². The van der Waals surface area contributed by atoms with Crippen molar-refractivity contribution < 1.29 is 24.2 Å². The summed E-state index contributed by atoms with van der Waals surface area (Å²) < 4.78 is 10.7. The maximum absolute atomic E-state index is 12.8. The van der Waals surface area contributed by atoms with Crippen molar-refractivity contribution in [3.8, 4) is 11.5 Å². The molecule has 28 heavy (non-hydrogen) atoms. The van der Waals surface area contributed by atoms with Crippen LogP contribution < -0.4 is 9.47 Å². The first-order valence-corrected chi connectivity index (χ1v) is 9.78. The van der Waals surface area contributed by atoms with Gasteiger partial charge in [0.05, 0.1) is 30.9 Å². The molecule has 0 saturated carbocycles. The second kappa shape index (κ2) is 8.88. The van der Waals surface area contributed by atoms with E-state index in [1.807, 2.05) is 29.6 Å². The minimum atomic E-state index is -0.911. The number of carbonyl (C=O) groups excluding carboxylic acids is 1. The lowest BCUT2D eigenvalue weighted by atomic mass is 10.00. The van der Waals surface area contributed by atoms with Gasteiger partial charge in [-0.25, -0.2) is 5.01 Å². The molecule has 1 aromatic carbocycles. The molecule has 2 heterocycles. The summed E-state index contributed by atoms with van der Waals surface area (Å²) in [6.07, 6.45) is 0.939. The lowest BCUT2D eigenvalue weighted by Crippen LogP contribution is -2.27. The standard InChI is InChI=1S/C20H22N2O5S/c1-26-14-9-13(10-15(11-14)27-2)17-12-16(18-5-4-8-28-18)21-22(17)19(23)6-3-7-20(24)25/h4-5,8-11,17H,3,6-7,12H2,1-2H3,(H,24,25). The van der Waals surface area contributed by atoms with Gasteiger partial charge in [-0.05, 0) is 35.6 Å². The minimum Gasteiger partial charge on any atom is -0.497 e. The van der Waals surface area contributed by atoms with Gasteiger partial charge >= 0.3 is 5.97 Å². The van der Waals surface area contributed by atoms with Crippen molar-refractivity contribution in [2.24, 2.45) is 5.10 Å². The first kappa shape index (κ1) is 19.9. The molecule has 1 aliphatic heterocycles. The van der Waals surface area contributed by atoms with E-state index in [0.717, 1.165) is 16.2 Å². The Morgan fingerprint density at radius 3 is 2.50 bits per heavy atom. The fourth-order valence-corrected chi connectivity index (χ4v) is 3.84. The summed E-state index contributed by atoms with van der Waals surface area (Å²) >= 11 is 1.57. The van der Waals surface area contributed by atoms with Crippen LogP contribution >= 0.6 is 11.3 Å². The van der Waals surface area contributed by atoms with Crippen LogP contribution in [0.15, 0.2) is 40.8 Å². The second-order valence-corrected chi connectivity index (χ2v) is 7.32. The number of aliphatic carboxylic acids is 1. The van der Waals surface area contributed by atoms with Crippen molar-refractivity contribution in [2.45, 2.75) is 31.7 Å². The molecule has 0 bridgehead atoms. The van der Waals surface area contributed by atoms with Crippen molar-refractivity contribution in [2.75, 3.05) is 14.2 Å². The van der Waals surface area contributed by atoms with Crippen LogP contribution in [0.3, 0.4) is 0 Å². The highest BCUT2D eigenvalue weighted by Gasteiger charge is 2.33. The molecule has 0 saturated heterocycles. The summed E-state index contributed by atoms with van der Waals surface area (Å²) in [7, 11) is 3.16. The maximum atomic E-state index is 12.8. The predicted octanol–water partition coefficient (Wildman–Crippen LogP) is 3.70. The Morgan fingerprint density at radius 2 is 1.93 bits per heavy atom. The number of hydrazone groups is 1. The largest absolute Gasteiger partial charge is 0.497 e. The summed E-state index contributed by atoms with van der Waals surface area (Å²) in [6, 6.07) is 9.15. The zero-order chi connectivity index (χ0) is 20.1. The van der Waals surface area contributed by atoms with Crippen LogP contribution in [0.2, 0.25) is 0 Å². The lowest BCUT2D eigenvalue weighted by molar-refractivity contribution is -0.137. The van der Waals surface area contributed by atoms with Gasteiger partial charge in [0, 0.05) is 25.3 Å². The van der Waals surface area contributed by atoms with Gasteiger partial charge in [-0.15, -0.1) is 11.3 Å². The molecular weight excluding hydrogens is 380 g/mol. The summed E-state index contributed by atoms with van der Waals surface area (Å²) in [5.41, 5.74) is 1.70. The SMILES string of the molecule is COc1cc(OC)cc(C2CC(c3cccs3)=NN2C(=O)CCCC(=O)O)c1. The monoisotopic (exact) mass is 402 g/mol. The molecule has 1 unspecified atom stereocenters. The van der Waals surface area contributed by atoms with Crippen molar-refractivity contribution in [3.05, 3.63) is 46.2 Å². The molecule has 0 aliphatic carbocycles. The zero-order valence-corrected chi connectivity index (χ0v) is 16.6. The maximum Gasteiger partial charge on any atom is 0.303 e. The van der Waals surface area contributed by atoms with Crippen molar-refractivity contribution in [1.82, 2.24) is 5.01 Å². The van der Waals surface area contributed by atoms with Crippen molar-refractivity contribution in [1.29, 1.82) is 0 Å². The van der Waals surface area contributed by atoms with Crippen LogP contribution in [0.25, 0.3) is 0 Å². The number of thiophene rings is 1. The number of methoxy groups -OCH3 is 2. The van der Waals surface area contributed by atoms with E-state index >= 15 is 0 Å². The number of carbonyl (C=O) groups is 2. The highest BCUT2D eigenvalue weighted by molar-refractivity contribution is 7.12. The molecular formula is C20H22N2O5S. The summed E-state index contributed by atoms with van der Waals surface area (Å²) in [5.74, 6) is 0.167. The number of amides is 1. The van der Waals surface area contributed by atoms with Gasteiger partial charge in [0.25, 0.3) is 0 Å². The number of rotatable bonds is 8. The normalized spacial score (nSPS) is 16.0. The third-order valence-corrected chi connectivity index (χ3v) is 5.43. The molecule has 1 aromatic heterocycles. The molecule has 8 heteroatoms. The predicted molar refractivity (Wildman–Crippen MR) is 106 cm³/mol. The molecule has 0 fully saturated rings. The fraction of sp³-hybridized carbons (Fsp3) is 0.350. The van der Waals surface area contributed by atoms with Crippen LogP contribution in [-0.2, 0) is 9.59 Å². The van der Waals surface area contributed by atoms with Gasteiger partial charge in [-0.3, -0.25) is 9.59 Å². The highest BCUT2D eigenvalue weighted by Crippen LogP contribution is 2.37. The van der Waals surface area contributed by atoms with Gasteiger partial charge < -0.3 is 14.6 Å². The van der Waals surface area contributed by atoms with E-state index in [0.29, 0.717) is 17.9 Å². The Hall–Kier alpha value is -2.87. The lowest BCUT2D eigenvalue weighted by Gasteiger charge is -2.23. The van der Waals surface area contributed by atoms with Crippen LogP contribution in [-0.4, -0.2) is 41.9 Å². The number of hydrogen-bond acceptors (Lipinski definition) is 6. The molecule has 3 rings (SSSR count). The van der Waals surface area contributed by atoms with Gasteiger partial charge in [-0.2, -0.15) is 5.10 Å². The van der Waals surface area contributed by atoms with E-state index in [2.05, 4.69) is 5.10 Å². The fourth-order valence-electron chi connectivity index (χ4n) is 3.12. The van der Waals surface area contributed by atoms with Crippen LogP contribution in [0.1, 0.15) is 42.2 Å². The molecule has 148 valence electrons. The molecule has 0 radical (unpaired) electrons. The number of carboxylic acid groups (broad SMARTS) is 1. The number of carboxylic acids is 1. The number of benzene rings is 1. The topological polar surface area (TPSA) is 88.4 Å². The third-order valence-electron chi connectivity index (χ3n) is 4.51. The smallest absolute Gasteiger partial charge is 0.303 e. The quantitative estimate of drug-likeness (QED) is 0.727. The van der Waals surface area contributed by atoms with Crippen LogP contribution in [0, 0.1) is 0 Å². The average Bonchev–Trinajstić information content (AvgIpc) is 3.36. The first-order valence-electron chi connectivity index (χ1n) is 8.90. The van der Waals surface area contributed by atoms with E-state index in [4.69, 9.17) is 14.6 Å². The Balaban J connectivity index is 1.89. The highest BCUT2D eigenvalue weighted by atomic mass is 32.1. The molecule has 1 N–H and O–H groups in total. The molecule has 1 atom stereocenters. The van der Waals surface area contributed by atoms with E-state index in [9.17, 15) is 9.59 Å². The Morgan fingerprint density at radius 1 is 1.21 bits per heavy atom. The molecule has 1 amide bonds. The van der Waals surface area contributed by atoms with Gasteiger partial charge in [0.2, 0.25) is 5.91 Å². The molecule has 7 nitrogen and oxygen atoms in total. The molecule has 1 aliphatic rings. The Kier molecular flexibility index (Phi) is 6.30. The summed E-state index contributed by atoms with van der Waals surface area (Å²) in [4.78, 5) is 24.6. The van der Waals surface area contributed by atoms with Gasteiger partial charge in [0.1, 0.15) is 11.5 Å². The van der Waals surface area contributed by atoms with Crippen molar-refractivity contribution >= 4 is 28.9 Å². The number of hydrogen-bond donors (Lipinski definition) is 1. The zero-order valence-electron chi connectivity index (χ0n) is 15.8. The van der Waals surface area contributed by atoms with Gasteiger partial charge in [-0.1, -0.05) is 6.07 Å². The van der Waals surface area contributed by atoms with Crippen LogP contribution in [0.4, 0.5) is 0 Å². The summed E-state index contributed by atoms with van der Waals surface area (Å²) in [5, 5.41) is 16.9. The minimum absolute atomic E-state index is 0.0429. The van der Waals surface area contributed by atoms with Crippen LogP contribution in [0.5, 0.6) is 11.5 Å². The van der Waals surface area contributed by atoms with Crippen molar-refractivity contribution in [3.63, 3.8) is 0 Å². The second-order valence-electron chi connectivity index (χ2n) is 6.38. The first-order chi connectivity index (χ1) is 13.5. The Bertz CT molecular complexity index is 856. The molecule has 0 spiro atoms. The van der Waals surface area contributed by atoms with E-state index in [1.54, 1.807) is 31.6 Å². The van der Waals surface area contributed by atoms with E-state index < -0.39 is 5.97 Å². The molecule has 2 aromatic rings. The van der Waals surface area contributed by atoms with Gasteiger partial charge in [0.15, 0.2) is 0 Å². The number of nitrogens with zero attached hydrogens (tertiary/aromatic N) is 2. The van der Waals surface area contributed by atoms with E-state index in [1.165, 1.54) is 5.01 Å². The number of ether oxygens (including phenoxy) is 2. The van der Waals surface area contributed by atoms with E-state index in [-0.39, 0.29) is 31.2 Å². The summed E-state index contributed by atoms with van der Waals surface area (Å²) in [6.45, 7) is 0. The third kappa shape index (κ3) is 4.51. The average molecular weight is 402 g/mol.